The molecule has 1 N–H and O–H groups in total. The number of imidazole rings is 1. The summed E-state index contributed by atoms with van der Waals surface area (Å²) in [5.74, 6) is 0.428. The smallest absolute Gasteiger partial charge is 0.140 e. The van der Waals surface area contributed by atoms with Crippen molar-refractivity contribution < 1.29 is 0 Å². The van der Waals surface area contributed by atoms with Gasteiger partial charge in [-0.05, 0) is 24.0 Å². The molecule has 1 aliphatic rings. The third-order valence-corrected chi connectivity index (χ3v) is 4.49. The Kier molecular flexibility index (Phi) is 2.62. The van der Waals surface area contributed by atoms with E-state index in [1.807, 2.05) is 18.3 Å². The average Bonchev–Trinajstić information content (AvgIpc) is 2.99. The van der Waals surface area contributed by atoms with E-state index in [1.54, 1.807) is 6.33 Å². The molecule has 0 amide bonds. The summed E-state index contributed by atoms with van der Waals surface area (Å²) in [4.78, 5) is 11.6. The van der Waals surface area contributed by atoms with E-state index in [4.69, 9.17) is 5.26 Å². The maximum Gasteiger partial charge on any atom is 0.140 e. The Morgan fingerprint density at radius 3 is 3.24 bits per heavy atom. The van der Waals surface area contributed by atoms with E-state index in [2.05, 4.69) is 21.0 Å². The molecule has 0 bridgehead atoms. The summed E-state index contributed by atoms with van der Waals surface area (Å²) in [6.07, 6.45) is 5.62. The highest BCUT2D eigenvalue weighted by atomic mass is 31.1. The molecule has 2 aromatic rings. The number of hydrogen-bond acceptors (Lipinski definition) is 3. The molecule has 1 aliphatic heterocycles. The molecule has 0 spiro atoms. The minimum absolute atomic E-state index is 0.428. The monoisotopic (exact) mass is 242 g/mol. The minimum atomic E-state index is 0.428. The number of H-pyrrole nitrogens is 1. The van der Waals surface area contributed by atoms with E-state index < -0.39 is 0 Å². The van der Waals surface area contributed by atoms with Gasteiger partial charge in [-0.1, -0.05) is 14.6 Å². The van der Waals surface area contributed by atoms with E-state index in [9.17, 15) is 0 Å². The lowest BCUT2D eigenvalue weighted by Crippen LogP contribution is -2.09. The average molecular weight is 242 g/mol. The summed E-state index contributed by atoms with van der Waals surface area (Å²) in [5.41, 5.74) is 2.76. The zero-order chi connectivity index (χ0) is 11.7. The summed E-state index contributed by atoms with van der Waals surface area (Å²) in [6, 6.07) is 5.97. The van der Waals surface area contributed by atoms with Crippen molar-refractivity contribution in [2.75, 3.05) is 6.16 Å². The van der Waals surface area contributed by atoms with Crippen LogP contribution in [-0.4, -0.2) is 21.1 Å². The van der Waals surface area contributed by atoms with Gasteiger partial charge < -0.3 is 4.98 Å². The Hall–Kier alpha value is -1.72. The van der Waals surface area contributed by atoms with Crippen LogP contribution in [0.25, 0.3) is 0 Å². The number of aromatic nitrogens is 3. The molecule has 0 fully saturated rings. The minimum Gasteiger partial charge on any atom is -0.348 e. The molecule has 0 aromatic carbocycles. The van der Waals surface area contributed by atoms with Crippen LogP contribution >= 0.6 is 8.58 Å². The Labute approximate surface area is 101 Å². The first kappa shape index (κ1) is 10.4. The lowest BCUT2D eigenvalue weighted by molar-refractivity contribution is 0.741. The molecule has 0 aliphatic carbocycles. The maximum atomic E-state index is 8.89. The van der Waals surface area contributed by atoms with Crippen molar-refractivity contribution in [3.05, 3.63) is 41.7 Å². The number of rotatable bonds is 2. The molecule has 2 unspecified atom stereocenters. The normalized spacial score (nSPS) is 19.1. The van der Waals surface area contributed by atoms with Crippen molar-refractivity contribution in [1.82, 2.24) is 15.0 Å². The molecule has 0 saturated carbocycles. The maximum absolute atomic E-state index is 8.89. The number of hydrogen-bond donors (Lipinski definition) is 1. The van der Waals surface area contributed by atoms with Gasteiger partial charge in [-0.25, -0.2) is 9.97 Å². The van der Waals surface area contributed by atoms with Crippen molar-refractivity contribution >= 4 is 13.9 Å². The molecule has 3 rings (SSSR count). The third kappa shape index (κ3) is 1.94. The highest BCUT2D eigenvalue weighted by Crippen LogP contribution is 2.34. The molecule has 5 heteroatoms. The first-order valence-corrected chi connectivity index (χ1v) is 6.69. The Balaban J connectivity index is 1.90. The lowest BCUT2D eigenvalue weighted by Gasteiger charge is -2.08. The first-order chi connectivity index (χ1) is 8.36. The third-order valence-electron chi connectivity index (χ3n) is 2.99. The Morgan fingerprint density at radius 2 is 2.47 bits per heavy atom. The standard InChI is InChI=1S/C12H11N4P/c13-4-9-1-2-11-12(16-9)8(6-17-11)3-10-5-14-7-15-10/h1-2,5,7-8,17H,3,6H2,(H,14,15). The fourth-order valence-electron chi connectivity index (χ4n) is 2.16. The van der Waals surface area contributed by atoms with Gasteiger partial charge in [-0.2, -0.15) is 5.26 Å². The van der Waals surface area contributed by atoms with Gasteiger partial charge in [0.25, 0.3) is 0 Å². The molecule has 2 atom stereocenters. The second kappa shape index (κ2) is 4.27. The predicted molar refractivity (Wildman–Crippen MR) is 66.8 cm³/mol. The Morgan fingerprint density at radius 1 is 1.53 bits per heavy atom. The van der Waals surface area contributed by atoms with Crippen molar-refractivity contribution in [3.63, 3.8) is 0 Å². The van der Waals surface area contributed by atoms with Crippen LogP contribution in [0.3, 0.4) is 0 Å². The molecule has 84 valence electrons. The van der Waals surface area contributed by atoms with Crippen LogP contribution in [-0.2, 0) is 6.42 Å². The van der Waals surface area contributed by atoms with Crippen molar-refractivity contribution in [1.29, 1.82) is 5.26 Å². The molecule has 17 heavy (non-hydrogen) atoms. The molecular weight excluding hydrogens is 231 g/mol. The quantitative estimate of drug-likeness (QED) is 0.808. The van der Waals surface area contributed by atoms with Crippen LogP contribution in [0.4, 0.5) is 0 Å². The van der Waals surface area contributed by atoms with E-state index in [1.165, 1.54) is 5.30 Å². The molecule has 4 nitrogen and oxygen atoms in total. The lowest BCUT2D eigenvalue weighted by atomic mass is 10.0. The molecule has 0 saturated heterocycles. The number of fused-ring (bicyclic) bond motifs is 1. The molecule has 3 heterocycles. The van der Waals surface area contributed by atoms with Crippen LogP contribution in [0, 0.1) is 11.3 Å². The van der Waals surface area contributed by atoms with E-state index in [-0.39, 0.29) is 0 Å². The zero-order valence-corrected chi connectivity index (χ0v) is 10.1. The fourth-order valence-corrected chi connectivity index (χ4v) is 3.60. The fraction of sp³-hybridized carbons (Fsp3) is 0.250. The number of pyridine rings is 1. The van der Waals surface area contributed by atoms with Crippen LogP contribution in [0.15, 0.2) is 24.7 Å². The first-order valence-electron chi connectivity index (χ1n) is 5.49. The second-order valence-electron chi connectivity index (χ2n) is 4.10. The molecule has 0 radical (unpaired) electrons. The highest BCUT2D eigenvalue weighted by molar-refractivity contribution is 7.48. The van der Waals surface area contributed by atoms with Crippen LogP contribution < -0.4 is 5.30 Å². The summed E-state index contributed by atoms with van der Waals surface area (Å²) in [6.45, 7) is 0. The number of nitrogens with zero attached hydrogens (tertiary/aromatic N) is 3. The largest absolute Gasteiger partial charge is 0.348 e. The Bertz CT molecular complexity index is 571. The van der Waals surface area contributed by atoms with Crippen LogP contribution in [0.5, 0.6) is 0 Å². The van der Waals surface area contributed by atoms with Gasteiger partial charge >= 0.3 is 0 Å². The number of aromatic amines is 1. The summed E-state index contributed by atoms with van der Waals surface area (Å²) >= 11 is 0. The topological polar surface area (TPSA) is 65.4 Å². The number of nitriles is 1. The van der Waals surface area contributed by atoms with Gasteiger partial charge in [0.2, 0.25) is 0 Å². The molecule has 2 aromatic heterocycles. The van der Waals surface area contributed by atoms with Gasteiger partial charge in [-0.3, -0.25) is 0 Å². The van der Waals surface area contributed by atoms with Gasteiger partial charge in [0, 0.05) is 17.8 Å². The summed E-state index contributed by atoms with van der Waals surface area (Å²) in [7, 11) is 0.813. The van der Waals surface area contributed by atoms with E-state index in [0.29, 0.717) is 11.6 Å². The highest BCUT2D eigenvalue weighted by Gasteiger charge is 2.24. The summed E-state index contributed by atoms with van der Waals surface area (Å²) < 4.78 is 0. The summed E-state index contributed by atoms with van der Waals surface area (Å²) in [5, 5.41) is 10.2. The van der Waals surface area contributed by atoms with Crippen molar-refractivity contribution in [2.45, 2.75) is 12.3 Å². The van der Waals surface area contributed by atoms with Gasteiger partial charge in [0.05, 0.1) is 12.0 Å². The van der Waals surface area contributed by atoms with E-state index in [0.717, 1.165) is 32.6 Å². The van der Waals surface area contributed by atoms with Crippen LogP contribution in [0.2, 0.25) is 0 Å². The SMILES string of the molecule is N#Cc1ccc2c(n1)C(Cc1cnc[nH]1)CP2. The van der Waals surface area contributed by atoms with Gasteiger partial charge in [0.15, 0.2) is 0 Å². The number of nitrogens with one attached hydrogen (secondary N) is 1. The molecular formula is C12H11N4P. The van der Waals surface area contributed by atoms with E-state index >= 15 is 0 Å². The van der Waals surface area contributed by atoms with Gasteiger partial charge in [-0.15, -0.1) is 0 Å². The second-order valence-corrected chi connectivity index (χ2v) is 5.40. The van der Waals surface area contributed by atoms with Crippen molar-refractivity contribution in [2.24, 2.45) is 0 Å². The van der Waals surface area contributed by atoms with Gasteiger partial charge in [0.1, 0.15) is 11.8 Å². The van der Waals surface area contributed by atoms with Crippen molar-refractivity contribution in [3.8, 4) is 6.07 Å². The zero-order valence-electron chi connectivity index (χ0n) is 9.14. The predicted octanol–water partition coefficient (Wildman–Crippen LogP) is 1.32. The van der Waals surface area contributed by atoms with Crippen LogP contribution in [0.1, 0.15) is 23.0 Å².